The molecule has 1 aliphatic heterocycles. The number of carbonyl (C=O) groups excluding carboxylic acids is 2. The summed E-state index contributed by atoms with van der Waals surface area (Å²) in [5, 5.41) is 11.9. The van der Waals surface area contributed by atoms with Gasteiger partial charge in [0.2, 0.25) is 11.8 Å². The predicted octanol–water partition coefficient (Wildman–Crippen LogP) is 2.99. The summed E-state index contributed by atoms with van der Waals surface area (Å²) in [5.41, 5.74) is 3.53. The van der Waals surface area contributed by atoms with Crippen LogP contribution < -0.4 is 5.32 Å². The van der Waals surface area contributed by atoms with Gasteiger partial charge in [0.15, 0.2) is 0 Å². The van der Waals surface area contributed by atoms with Gasteiger partial charge in [-0.15, -0.1) is 0 Å². The van der Waals surface area contributed by atoms with Crippen LogP contribution in [0.15, 0.2) is 42.5 Å². The fraction of sp³-hybridized carbons (Fsp3) is 0.286. The Morgan fingerprint density at radius 3 is 2.52 bits per heavy atom. The summed E-state index contributed by atoms with van der Waals surface area (Å²) in [4.78, 5) is 37.7. The van der Waals surface area contributed by atoms with Gasteiger partial charge in [-0.3, -0.25) is 9.59 Å². The molecule has 0 bridgehead atoms. The summed E-state index contributed by atoms with van der Waals surface area (Å²) in [6.07, 6.45) is 0.162. The highest BCUT2D eigenvalue weighted by Crippen LogP contribution is 2.24. The smallest absolute Gasteiger partial charge is 0.335 e. The normalized spacial score (nSPS) is 16.4. The Kier molecular flexibility index (Phi) is 5.26. The third-order valence-electron chi connectivity index (χ3n) is 4.82. The van der Waals surface area contributed by atoms with Crippen LogP contribution in [0.2, 0.25) is 0 Å². The summed E-state index contributed by atoms with van der Waals surface area (Å²) in [6, 6.07) is 12.6. The van der Waals surface area contributed by atoms with Crippen LogP contribution >= 0.6 is 0 Å². The minimum absolute atomic E-state index is 0.0493. The average Bonchev–Trinajstić information content (AvgIpc) is 2.99. The first-order chi connectivity index (χ1) is 12.8. The van der Waals surface area contributed by atoms with Crippen molar-refractivity contribution in [2.24, 2.45) is 5.92 Å². The number of aryl methyl sites for hydroxylation is 2. The molecule has 0 saturated carbocycles. The van der Waals surface area contributed by atoms with E-state index in [0.717, 1.165) is 16.7 Å². The van der Waals surface area contributed by atoms with Crippen LogP contribution in [0.25, 0.3) is 0 Å². The first-order valence-electron chi connectivity index (χ1n) is 8.81. The number of rotatable bonds is 5. The Morgan fingerprint density at radius 2 is 1.85 bits per heavy atom. The first kappa shape index (κ1) is 18.6. The van der Waals surface area contributed by atoms with E-state index in [2.05, 4.69) is 5.32 Å². The van der Waals surface area contributed by atoms with Gasteiger partial charge in [-0.2, -0.15) is 0 Å². The molecular formula is C21H22N2O4. The van der Waals surface area contributed by atoms with Gasteiger partial charge in [0.05, 0.1) is 11.5 Å². The molecule has 1 saturated heterocycles. The van der Waals surface area contributed by atoms with Crippen LogP contribution in [0.4, 0.5) is 5.69 Å². The van der Waals surface area contributed by atoms with Crippen LogP contribution in [0.5, 0.6) is 0 Å². The van der Waals surface area contributed by atoms with Crippen molar-refractivity contribution in [1.29, 1.82) is 0 Å². The predicted molar refractivity (Wildman–Crippen MR) is 101 cm³/mol. The van der Waals surface area contributed by atoms with Gasteiger partial charge in [-0.1, -0.05) is 35.9 Å². The van der Waals surface area contributed by atoms with Crippen molar-refractivity contribution in [1.82, 2.24) is 4.90 Å². The zero-order valence-electron chi connectivity index (χ0n) is 15.4. The fourth-order valence-corrected chi connectivity index (χ4v) is 3.14. The molecule has 0 aliphatic carbocycles. The minimum Gasteiger partial charge on any atom is -0.478 e. The molecule has 0 radical (unpaired) electrons. The van der Waals surface area contributed by atoms with E-state index in [1.165, 1.54) is 12.1 Å². The average molecular weight is 366 g/mol. The van der Waals surface area contributed by atoms with Crippen LogP contribution in [0.3, 0.4) is 0 Å². The number of hydrogen-bond acceptors (Lipinski definition) is 3. The Morgan fingerprint density at radius 1 is 1.15 bits per heavy atom. The van der Waals surface area contributed by atoms with Crippen molar-refractivity contribution in [3.05, 3.63) is 64.7 Å². The SMILES string of the molecule is Cc1ccc(CN2CC(C(=O)Nc3cc(C(=O)O)ccc3C)CC2=O)cc1. The number of amides is 2. The van der Waals surface area contributed by atoms with Gasteiger partial charge in [0.25, 0.3) is 0 Å². The molecular weight excluding hydrogens is 344 g/mol. The molecule has 6 heteroatoms. The lowest BCUT2D eigenvalue weighted by Crippen LogP contribution is -2.28. The molecule has 1 heterocycles. The number of anilines is 1. The van der Waals surface area contributed by atoms with E-state index >= 15 is 0 Å². The number of nitrogens with zero attached hydrogens (tertiary/aromatic N) is 1. The van der Waals surface area contributed by atoms with Gasteiger partial charge in [-0.25, -0.2) is 4.79 Å². The summed E-state index contributed by atoms with van der Waals surface area (Å²) < 4.78 is 0. The number of carboxylic acids is 1. The number of carbonyl (C=O) groups is 3. The number of hydrogen-bond donors (Lipinski definition) is 2. The molecule has 1 atom stereocenters. The Bertz CT molecular complexity index is 890. The van der Waals surface area contributed by atoms with Crippen molar-refractivity contribution in [2.75, 3.05) is 11.9 Å². The van der Waals surface area contributed by atoms with Gasteiger partial charge in [0.1, 0.15) is 0 Å². The molecule has 1 fully saturated rings. The molecule has 2 aromatic carbocycles. The van der Waals surface area contributed by atoms with Gasteiger partial charge < -0.3 is 15.3 Å². The maximum Gasteiger partial charge on any atom is 0.335 e. The largest absolute Gasteiger partial charge is 0.478 e. The highest BCUT2D eigenvalue weighted by atomic mass is 16.4. The van der Waals surface area contributed by atoms with E-state index < -0.39 is 11.9 Å². The second kappa shape index (κ2) is 7.61. The lowest BCUT2D eigenvalue weighted by atomic mass is 10.1. The van der Waals surface area contributed by atoms with E-state index in [0.29, 0.717) is 18.8 Å². The second-order valence-corrected chi connectivity index (χ2v) is 6.99. The quantitative estimate of drug-likeness (QED) is 0.852. The summed E-state index contributed by atoms with van der Waals surface area (Å²) in [7, 11) is 0. The highest BCUT2D eigenvalue weighted by Gasteiger charge is 2.34. The van der Waals surface area contributed by atoms with Crippen LogP contribution in [-0.2, 0) is 16.1 Å². The second-order valence-electron chi connectivity index (χ2n) is 6.99. The maximum absolute atomic E-state index is 12.6. The van der Waals surface area contributed by atoms with E-state index in [9.17, 15) is 14.4 Å². The number of likely N-dealkylation sites (tertiary alicyclic amines) is 1. The molecule has 1 aliphatic rings. The van der Waals surface area contributed by atoms with Crippen LogP contribution in [0, 0.1) is 19.8 Å². The summed E-state index contributed by atoms with van der Waals surface area (Å²) in [6.45, 7) is 4.64. The lowest BCUT2D eigenvalue weighted by Gasteiger charge is -2.17. The molecule has 2 aromatic rings. The standard InChI is InChI=1S/C21H22N2O4/c1-13-3-6-15(7-4-13)11-23-12-17(10-19(23)24)20(25)22-18-9-16(21(26)27)8-5-14(18)2/h3-9,17H,10-12H2,1-2H3,(H,22,25)(H,26,27). The monoisotopic (exact) mass is 366 g/mol. The maximum atomic E-state index is 12.6. The van der Waals surface area contributed by atoms with Gasteiger partial charge in [-0.05, 0) is 37.1 Å². The van der Waals surface area contributed by atoms with Crippen molar-refractivity contribution >= 4 is 23.5 Å². The van der Waals surface area contributed by atoms with Crippen LogP contribution in [0.1, 0.15) is 33.5 Å². The zero-order chi connectivity index (χ0) is 19.6. The first-order valence-corrected chi connectivity index (χ1v) is 8.81. The molecule has 3 rings (SSSR count). The molecule has 2 amide bonds. The minimum atomic E-state index is -1.05. The molecule has 2 N–H and O–H groups in total. The molecule has 0 spiro atoms. The molecule has 1 unspecified atom stereocenters. The molecule has 6 nitrogen and oxygen atoms in total. The summed E-state index contributed by atoms with van der Waals surface area (Å²) >= 11 is 0. The molecule has 140 valence electrons. The van der Waals surface area contributed by atoms with Crippen LogP contribution in [-0.4, -0.2) is 34.3 Å². The topological polar surface area (TPSA) is 86.7 Å². The third kappa shape index (κ3) is 4.34. The van der Waals surface area contributed by atoms with Crippen molar-refractivity contribution in [2.45, 2.75) is 26.8 Å². The van der Waals surface area contributed by atoms with E-state index in [4.69, 9.17) is 5.11 Å². The zero-order valence-corrected chi connectivity index (χ0v) is 15.4. The van der Waals surface area contributed by atoms with Crippen molar-refractivity contribution in [3.8, 4) is 0 Å². The van der Waals surface area contributed by atoms with Crippen molar-refractivity contribution < 1.29 is 19.5 Å². The van der Waals surface area contributed by atoms with Crippen molar-refractivity contribution in [3.63, 3.8) is 0 Å². The Labute approximate surface area is 157 Å². The Hall–Kier alpha value is -3.15. The summed E-state index contributed by atoms with van der Waals surface area (Å²) in [5.74, 6) is -1.81. The molecule has 27 heavy (non-hydrogen) atoms. The van der Waals surface area contributed by atoms with E-state index in [1.54, 1.807) is 17.9 Å². The number of nitrogens with one attached hydrogen (secondary N) is 1. The number of aromatic carboxylic acids is 1. The number of benzene rings is 2. The van der Waals surface area contributed by atoms with Gasteiger partial charge in [0, 0.05) is 25.2 Å². The third-order valence-corrected chi connectivity index (χ3v) is 4.82. The van der Waals surface area contributed by atoms with Gasteiger partial charge >= 0.3 is 5.97 Å². The van der Waals surface area contributed by atoms with E-state index in [1.807, 2.05) is 31.2 Å². The number of carboxylic acid groups (broad SMARTS) is 1. The van der Waals surface area contributed by atoms with E-state index in [-0.39, 0.29) is 23.8 Å². The Balaban J connectivity index is 1.66. The fourth-order valence-electron chi connectivity index (χ4n) is 3.14. The molecule has 0 aromatic heterocycles. The highest BCUT2D eigenvalue weighted by molar-refractivity contribution is 5.99. The lowest BCUT2D eigenvalue weighted by molar-refractivity contribution is -0.128.